The van der Waals surface area contributed by atoms with Crippen molar-refractivity contribution in [2.75, 3.05) is 0 Å². The number of hydrogen-bond acceptors (Lipinski definition) is 4. The summed E-state index contributed by atoms with van der Waals surface area (Å²) >= 11 is 0. The zero-order valence-corrected chi connectivity index (χ0v) is 12.3. The Morgan fingerprint density at radius 3 is 2.15 bits per heavy atom. The van der Waals surface area contributed by atoms with Crippen molar-refractivity contribution in [3.63, 3.8) is 0 Å². The van der Waals surface area contributed by atoms with E-state index in [2.05, 4.69) is 6.58 Å². The van der Waals surface area contributed by atoms with Crippen molar-refractivity contribution in [3.8, 4) is 0 Å². The first kappa shape index (κ1) is 16.0. The van der Waals surface area contributed by atoms with Crippen molar-refractivity contribution < 1.29 is 19.1 Å². The van der Waals surface area contributed by atoms with Gasteiger partial charge in [0.2, 0.25) is 0 Å². The van der Waals surface area contributed by atoms with Crippen LogP contribution >= 0.6 is 0 Å². The van der Waals surface area contributed by atoms with Gasteiger partial charge in [-0.15, -0.1) is 0 Å². The van der Waals surface area contributed by atoms with Crippen molar-refractivity contribution in [2.45, 2.75) is 39.4 Å². The molecule has 0 saturated carbocycles. The highest BCUT2D eigenvalue weighted by Crippen LogP contribution is 2.26. The molecule has 1 rings (SSSR count). The molecule has 0 spiro atoms. The molecule has 4 heteroatoms. The van der Waals surface area contributed by atoms with E-state index in [1.165, 1.54) is 6.92 Å². The molecule has 0 fully saturated rings. The minimum atomic E-state index is -0.830. The second-order valence-corrected chi connectivity index (χ2v) is 5.45. The number of benzene rings is 1. The summed E-state index contributed by atoms with van der Waals surface area (Å²) < 4.78 is 10.4. The van der Waals surface area contributed by atoms with E-state index in [1.807, 2.05) is 6.07 Å². The number of rotatable bonds is 4. The van der Waals surface area contributed by atoms with Gasteiger partial charge in [-0.25, -0.2) is 4.79 Å². The van der Waals surface area contributed by atoms with E-state index in [4.69, 9.17) is 9.47 Å². The lowest BCUT2D eigenvalue weighted by Gasteiger charge is -2.23. The van der Waals surface area contributed by atoms with Gasteiger partial charge in [-0.05, 0) is 33.3 Å². The molecule has 4 nitrogen and oxygen atoms in total. The molecule has 108 valence electrons. The van der Waals surface area contributed by atoms with E-state index < -0.39 is 17.9 Å². The predicted octanol–water partition coefficient (Wildman–Crippen LogP) is 3.82. The van der Waals surface area contributed by atoms with Crippen LogP contribution in [0.2, 0.25) is 0 Å². The van der Waals surface area contributed by atoms with Gasteiger partial charge in [0.15, 0.2) is 11.9 Å². The van der Waals surface area contributed by atoms with Gasteiger partial charge in [-0.1, -0.05) is 36.9 Å². The first-order valence-electron chi connectivity index (χ1n) is 6.35. The Hall–Kier alpha value is -2.10. The monoisotopic (exact) mass is 276 g/mol. The Balaban J connectivity index is 2.93. The summed E-state index contributed by atoms with van der Waals surface area (Å²) in [6, 6.07) is 8.97. The lowest BCUT2D eigenvalue weighted by Crippen LogP contribution is -2.26. The molecule has 20 heavy (non-hydrogen) atoms. The number of hydrogen-bond donors (Lipinski definition) is 0. The second kappa shape index (κ2) is 6.37. The third-order valence-corrected chi connectivity index (χ3v) is 2.47. The lowest BCUT2D eigenvalue weighted by molar-refractivity contribution is -0.114. The molecule has 0 aromatic heterocycles. The van der Waals surface area contributed by atoms with E-state index in [9.17, 15) is 9.59 Å². The van der Waals surface area contributed by atoms with Crippen LogP contribution in [0.4, 0.5) is 4.79 Å². The van der Waals surface area contributed by atoms with Crippen LogP contribution in [0.3, 0.4) is 0 Å². The van der Waals surface area contributed by atoms with Crippen molar-refractivity contribution >= 4 is 11.9 Å². The maximum absolute atomic E-state index is 11.8. The normalized spacial score (nSPS) is 12.4. The van der Waals surface area contributed by atoms with Crippen molar-refractivity contribution in [1.82, 2.24) is 0 Å². The topological polar surface area (TPSA) is 52.6 Å². The fraction of sp³-hybridized carbons (Fsp3) is 0.375. The van der Waals surface area contributed by atoms with Crippen LogP contribution in [-0.2, 0) is 14.3 Å². The highest BCUT2D eigenvalue weighted by atomic mass is 16.7. The summed E-state index contributed by atoms with van der Waals surface area (Å²) in [6.07, 6.45) is -1.66. The molecule has 1 aromatic rings. The molecule has 0 amide bonds. The first-order chi connectivity index (χ1) is 9.20. The average Bonchev–Trinajstić information content (AvgIpc) is 2.34. The molecule has 1 aromatic carbocycles. The van der Waals surface area contributed by atoms with E-state index >= 15 is 0 Å². The maximum atomic E-state index is 11.8. The Morgan fingerprint density at radius 2 is 1.70 bits per heavy atom. The zero-order chi connectivity index (χ0) is 15.3. The van der Waals surface area contributed by atoms with Gasteiger partial charge in [0.05, 0.1) is 0 Å². The van der Waals surface area contributed by atoms with Crippen molar-refractivity contribution in [2.24, 2.45) is 0 Å². The van der Waals surface area contributed by atoms with Gasteiger partial charge in [0.1, 0.15) is 5.60 Å². The number of Topliss-reactive ketones (excluding diaryl/α,β-unsaturated/α-hetero) is 1. The van der Waals surface area contributed by atoms with Crippen LogP contribution in [0, 0.1) is 0 Å². The van der Waals surface area contributed by atoms with E-state index in [0.717, 1.165) is 0 Å². The second-order valence-electron chi connectivity index (χ2n) is 5.45. The molecule has 1 atom stereocenters. The molecule has 0 aliphatic rings. The quantitative estimate of drug-likeness (QED) is 0.619. The van der Waals surface area contributed by atoms with Crippen LogP contribution < -0.4 is 0 Å². The van der Waals surface area contributed by atoms with E-state index in [0.29, 0.717) is 5.56 Å². The van der Waals surface area contributed by atoms with Crippen molar-refractivity contribution in [3.05, 3.63) is 48.0 Å². The average molecular weight is 276 g/mol. The standard InChI is InChI=1S/C16H20O4/c1-11(12(2)17)14(13-9-7-6-8-10-13)19-15(18)20-16(3,4)5/h6-10,14H,1H2,2-5H3. The molecule has 0 saturated heterocycles. The lowest BCUT2D eigenvalue weighted by atomic mass is 10.0. The van der Waals surface area contributed by atoms with Gasteiger partial charge in [0.25, 0.3) is 0 Å². The van der Waals surface area contributed by atoms with Gasteiger partial charge >= 0.3 is 6.16 Å². The minimum absolute atomic E-state index is 0.210. The molecule has 0 aliphatic heterocycles. The highest BCUT2D eigenvalue weighted by Gasteiger charge is 2.26. The third kappa shape index (κ3) is 4.88. The molecule has 0 radical (unpaired) electrons. The van der Waals surface area contributed by atoms with Gasteiger partial charge in [-0.3, -0.25) is 4.79 Å². The van der Waals surface area contributed by atoms with Gasteiger partial charge in [-0.2, -0.15) is 0 Å². The summed E-state index contributed by atoms with van der Waals surface area (Å²) in [5, 5.41) is 0. The molecule has 0 heterocycles. The molecular weight excluding hydrogens is 256 g/mol. The van der Waals surface area contributed by atoms with E-state index in [1.54, 1.807) is 45.0 Å². The summed E-state index contributed by atoms with van der Waals surface area (Å²) in [6.45, 7) is 10.3. The van der Waals surface area contributed by atoms with Crippen LogP contribution in [0.25, 0.3) is 0 Å². The summed E-state index contributed by atoms with van der Waals surface area (Å²) in [4.78, 5) is 23.3. The maximum Gasteiger partial charge on any atom is 0.509 e. The Bertz CT molecular complexity index is 497. The fourth-order valence-electron chi connectivity index (χ4n) is 1.52. The van der Waals surface area contributed by atoms with Crippen molar-refractivity contribution in [1.29, 1.82) is 0 Å². The third-order valence-electron chi connectivity index (χ3n) is 2.47. The molecule has 1 unspecified atom stereocenters. The molecule has 0 N–H and O–H groups in total. The Labute approximate surface area is 119 Å². The molecular formula is C16H20O4. The largest absolute Gasteiger partial charge is 0.509 e. The smallest absolute Gasteiger partial charge is 0.429 e. The summed E-state index contributed by atoms with van der Waals surface area (Å²) in [5.41, 5.74) is 0.233. The number of carbonyl (C=O) groups is 2. The van der Waals surface area contributed by atoms with Crippen LogP contribution in [0.15, 0.2) is 42.5 Å². The van der Waals surface area contributed by atoms with Gasteiger partial charge in [0, 0.05) is 5.57 Å². The molecule has 0 bridgehead atoms. The summed E-state index contributed by atoms with van der Waals surface area (Å²) in [7, 11) is 0. The van der Waals surface area contributed by atoms with E-state index in [-0.39, 0.29) is 11.4 Å². The highest BCUT2D eigenvalue weighted by molar-refractivity contribution is 5.94. The first-order valence-corrected chi connectivity index (χ1v) is 6.35. The van der Waals surface area contributed by atoms with Gasteiger partial charge < -0.3 is 9.47 Å². The minimum Gasteiger partial charge on any atom is -0.429 e. The van der Waals surface area contributed by atoms with Crippen LogP contribution in [0.5, 0.6) is 0 Å². The number of carbonyl (C=O) groups excluding carboxylic acids is 2. The van der Waals surface area contributed by atoms with Crippen LogP contribution in [0.1, 0.15) is 39.4 Å². The molecule has 0 aliphatic carbocycles. The predicted molar refractivity (Wildman–Crippen MR) is 76.3 cm³/mol. The van der Waals surface area contributed by atoms with Crippen LogP contribution in [-0.4, -0.2) is 17.5 Å². The fourth-order valence-corrected chi connectivity index (χ4v) is 1.52. The SMILES string of the molecule is C=C(C(C)=O)C(OC(=O)OC(C)(C)C)c1ccccc1. The zero-order valence-electron chi connectivity index (χ0n) is 12.3. The summed E-state index contributed by atoms with van der Waals surface area (Å²) in [5.74, 6) is -0.234. The number of ketones is 1. The number of ether oxygens (including phenoxy) is 2. The Kier molecular flexibility index (Phi) is 5.08. The Morgan fingerprint density at radius 1 is 1.15 bits per heavy atom.